The molecule has 1 heterocycles. The fourth-order valence-corrected chi connectivity index (χ4v) is 4.77. The number of hydrogen-bond acceptors (Lipinski definition) is 4. The summed E-state index contributed by atoms with van der Waals surface area (Å²) in [4.78, 5) is 16.4. The fraction of sp³-hybridized carbons (Fsp3) is 0.143. The highest BCUT2D eigenvalue weighted by Gasteiger charge is 2.30. The first kappa shape index (κ1) is 21.0. The van der Waals surface area contributed by atoms with Crippen LogP contribution in [0.3, 0.4) is 0 Å². The van der Waals surface area contributed by atoms with E-state index in [2.05, 4.69) is 10.3 Å². The van der Waals surface area contributed by atoms with Gasteiger partial charge in [-0.2, -0.15) is 0 Å². The Labute approximate surface area is 173 Å². The molecule has 0 radical (unpaired) electrons. The van der Waals surface area contributed by atoms with Gasteiger partial charge in [0.1, 0.15) is 11.1 Å². The molecule has 0 saturated carbocycles. The third-order valence-corrected chi connectivity index (χ3v) is 6.76. The summed E-state index contributed by atoms with van der Waals surface area (Å²) >= 11 is 5.91. The van der Waals surface area contributed by atoms with Gasteiger partial charge in [-0.05, 0) is 60.5 Å². The van der Waals surface area contributed by atoms with Crippen LogP contribution in [0.15, 0.2) is 71.9 Å². The van der Waals surface area contributed by atoms with Crippen molar-refractivity contribution in [1.82, 2.24) is 10.3 Å². The van der Waals surface area contributed by atoms with Crippen molar-refractivity contribution in [3.05, 3.63) is 94.5 Å². The number of carbonyl (C=O) groups is 1. The second-order valence-electron chi connectivity index (χ2n) is 6.45. The van der Waals surface area contributed by atoms with Crippen molar-refractivity contribution in [2.75, 3.05) is 6.54 Å². The molecule has 0 aliphatic heterocycles. The molecule has 8 heteroatoms. The molecule has 1 atom stereocenters. The summed E-state index contributed by atoms with van der Waals surface area (Å²) in [5.74, 6) is -0.942. The van der Waals surface area contributed by atoms with Gasteiger partial charge in [0.25, 0.3) is 5.91 Å². The molecule has 0 aliphatic rings. The Hall–Kier alpha value is -2.77. The van der Waals surface area contributed by atoms with Gasteiger partial charge in [0.05, 0.1) is 4.90 Å². The van der Waals surface area contributed by atoms with Crippen molar-refractivity contribution < 1.29 is 17.6 Å². The number of benzene rings is 2. The van der Waals surface area contributed by atoms with E-state index < -0.39 is 26.8 Å². The molecule has 0 bridgehead atoms. The molecule has 1 aromatic heterocycles. The molecule has 29 heavy (non-hydrogen) atoms. The SMILES string of the molecule is Cc1cc(S(=O)(=O)C(CNC(=O)c2cccc(Cl)c2)c2cccnc2)ccc1F. The van der Waals surface area contributed by atoms with Crippen LogP contribution in [0.1, 0.15) is 26.7 Å². The zero-order chi connectivity index (χ0) is 21.0. The number of nitrogens with zero attached hydrogens (tertiary/aromatic N) is 1. The summed E-state index contributed by atoms with van der Waals surface area (Å²) < 4.78 is 40.2. The summed E-state index contributed by atoms with van der Waals surface area (Å²) in [6, 6.07) is 13.2. The number of carbonyl (C=O) groups excluding carboxylic acids is 1. The van der Waals surface area contributed by atoms with Crippen LogP contribution < -0.4 is 5.32 Å². The number of hydrogen-bond donors (Lipinski definition) is 1. The number of nitrogens with one attached hydrogen (secondary N) is 1. The van der Waals surface area contributed by atoms with Crippen LogP contribution in [0.4, 0.5) is 4.39 Å². The highest BCUT2D eigenvalue weighted by molar-refractivity contribution is 7.91. The highest BCUT2D eigenvalue weighted by atomic mass is 35.5. The van der Waals surface area contributed by atoms with Crippen molar-refractivity contribution in [3.63, 3.8) is 0 Å². The minimum atomic E-state index is -3.93. The van der Waals surface area contributed by atoms with Gasteiger partial charge in [-0.15, -0.1) is 0 Å². The van der Waals surface area contributed by atoms with Crippen molar-refractivity contribution in [2.24, 2.45) is 0 Å². The van der Waals surface area contributed by atoms with Crippen LogP contribution >= 0.6 is 11.6 Å². The van der Waals surface area contributed by atoms with Crippen LogP contribution in [0, 0.1) is 12.7 Å². The van der Waals surface area contributed by atoms with E-state index in [9.17, 15) is 17.6 Å². The van der Waals surface area contributed by atoms with Crippen molar-refractivity contribution in [1.29, 1.82) is 0 Å². The van der Waals surface area contributed by atoms with Gasteiger partial charge < -0.3 is 5.32 Å². The monoisotopic (exact) mass is 432 g/mol. The summed E-state index contributed by atoms with van der Waals surface area (Å²) in [6.07, 6.45) is 2.96. The average Bonchev–Trinajstić information content (AvgIpc) is 2.70. The minimum absolute atomic E-state index is 0.0257. The largest absolute Gasteiger partial charge is 0.350 e. The zero-order valence-corrected chi connectivity index (χ0v) is 17.0. The highest BCUT2D eigenvalue weighted by Crippen LogP contribution is 2.29. The van der Waals surface area contributed by atoms with Crippen LogP contribution in [0.2, 0.25) is 5.02 Å². The Morgan fingerprint density at radius 1 is 1.17 bits per heavy atom. The van der Waals surface area contributed by atoms with Crippen LogP contribution in [0.25, 0.3) is 0 Å². The summed E-state index contributed by atoms with van der Waals surface area (Å²) in [7, 11) is -3.93. The maximum Gasteiger partial charge on any atom is 0.251 e. The minimum Gasteiger partial charge on any atom is -0.350 e. The van der Waals surface area contributed by atoms with E-state index in [0.29, 0.717) is 16.1 Å². The Morgan fingerprint density at radius 3 is 2.62 bits per heavy atom. The lowest BCUT2D eigenvalue weighted by Gasteiger charge is -2.19. The number of aryl methyl sites for hydroxylation is 1. The Kier molecular flexibility index (Phi) is 6.30. The third kappa shape index (κ3) is 4.81. The molecule has 2 aromatic carbocycles. The summed E-state index contributed by atoms with van der Waals surface area (Å²) in [5, 5.41) is 1.95. The number of pyridine rings is 1. The van der Waals surface area contributed by atoms with E-state index in [1.165, 1.54) is 37.5 Å². The first-order chi connectivity index (χ1) is 13.8. The first-order valence-corrected chi connectivity index (χ1v) is 10.6. The normalized spacial score (nSPS) is 12.4. The van der Waals surface area contributed by atoms with Gasteiger partial charge in [0.2, 0.25) is 0 Å². The molecule has 5 nitrogen and oxygen atoms in total. The lowest BCUT2D eigenvalue weighted by atomic mass is 10.2. The second kappa shape index (κ2) is 8.71. The molecular weight excluding hydrogens is 415 g/mol. The fourth-order valence-electron chi connectivity index (χ4n) is 2.85. The van der Waals surface area contributed by atoms with Gasteiger partial charge in [-0.3, -0.25) is 9.78 Å². The smallest absolute Gasteiger partial charge is 0.251 e. The molecule has 3 aromatic rings. The maximum absolute atomic E-state index is 13.6. The topological polar surface area (TPSA) is 76.1 Å². The van der Waals surface area contributed by atoms with Gasteiger partial charge in [0.15, 0.2) is 9.84 Å². The van der Waals surface area contributed by atoms with Crippen molar-refractivity contribution in [2.45, 2.75) is 17.1 Å². The number of halogens is 2. The van der Waals surface area contributed by atoms with Crippen LogP contribution in [-0.2, 0) is 9.84 Å². The van der Waals surface area contributed by atoms with E-state index >= 15 is 0 Å². The summed E-state index contributed by atoms with van der Waals surface area (Å²) in [5.41, 5.74) is 0.956. The van der Waals surface area contributed by atoms with E-state index in [1.807, 2.05) is 0 Å². The predicted molar refractivity (Wildman–Crippen MR) is 109 cm³/mol. The van der Waals surface area contributed by atoms with Crippen molar-refractivity contribution >= 4 is 27.3 Å². The predicted octanol–water partition coefficient (Wildman–Crippen LogP) is 4.13. The number of amides is 1. The lowest BCUT2D eigenvalue weighted by Crippen LogP contribution is -2.32. The second-order valence-corrected chi connectivity index (χ2v) is 9.02. The van der Waals surface area contributed by atoms with Gasteiger partial charge in [-0.25, -0.2) is 12.8 Å². The van der Waals surface area contributed by atoms with E-state index in [1.54, 1.807) is 30.3 Å². The van der Waals surface area contributed by atoms with E-state index in [4.69, 9.17) is 11.6 Å². The average molecular weight is 433 g/mol. The Balaban J connectivity index is 1.93. The molecule has 150 valence electrons. The molecule has 1 unspecified atom stereocenters. The third-order valence-electron chi connectivity index (χ3n) is 4.42. The maximum atomic E-state index is 13.6. The first-order valence-electron chi connectivity index (χ1n) is 8.73. The van der Waals surface area contributed by atoms with Crippen LogP contribution in [-0.4, -0.2) is 25.9 Å². The molecule has 1 amide bonds. The molecular formula is C21H18ClFN2O3S. The zero-order valence-electron chi connectivity index (χ0n) is 15.5. The number of sulfone groups is 1. The van der Waals surface area contributed by atoms with E-state index in [0.717, 1.165) is 6.07 Å². The van der Waals surface area contributed by atoms with Crippen molar-refractivity contribution in [3.8, 4) is 0 Å². The standard InChI is InChI=1S/C21H18ClFN2O3S/c1-14-10-18(7-8-19(14)23)29(27,28)20(16-5-3-9-24-12-16)13-25-21(26)15-4-2-6-17(22)11-15/h2-12,20H,13H2,1H3,(H,25,26). The van der Waals surface area contributed by atoms with E-state index in [-0.39, 0.29) is 17.0 Å². The summed E-state index contributed by atoms with van der Waals surface area (Å²) in [6.45, 7) is 1.31. The molecule has 1 N–H and O–H groups in total. The molecule has 0 aliphatic carbocycles. The van der Waals surface area contributed by atoms with Crippen LogP contribution in [0.5, 0.6) is 0 Å². The van der Waals surface area contributed by atoms with Gasteiger partial charge >= 0.3 is 0 Å². The quantitative estimate of drug-likeness (QED) is 0.594. The van der Waals surface area contributed by atoms with Gasteiger partial charge in [-0.1, -0.05) is 23.7 Å². The Bertz CT molecular complexity index is 1140. The Morgan fingerprint density at radius 2 is 1.97 bits per heavy atom. The molecule has 3 rings (SSSR count). The molecule has 0 fully saturated rings. The molecule has 0 spiro atoms. The number of rotatable bonds is 6. The lowest BCUT2D eigenvalue weighted by molar-refractivity contribution is 0.0953. The molecule has 0 saturated heterocycles. The number of aromatic nitrogens is 1. The van der Waals surface area contributed by atoms with Gasteiger partial charge in [0, 0.05) is 29.5 Å².